The first kappa shape index (κ1) is 14.6. The SMILES string of the molecule is C#CC(CC)NC(=O)NCc1cc(C(=O)O)c(C)o1. The molecule has 1 aromatic heterocycles. The first-order valence-electron chi connectivity index (χ1n) is 5.81. The van der Waals surface area contributed by atoms with E-state index in [1.807, 2.05) is 6.92 Å². The summed E-state index contributed by atoms with van der Waals surface area (Å²) in [6, 6.07) is 0.639. The molecule has 0 aliphatic heterocycles. The summed E-state index contributed by atoms with van der Waals surface area (Å²) in [6.07, 6.45) is 5.85. The lowest BCUT2D eigenvalue weighted by Crippen LogP contribution is -2.40. The Labute approximate surface area is 111 Å². The Bertz CT molecular complexity index is 513. The molecule has 6 nitrogen and oxygen atoms in total. The fraction of sp³-hybridized carbons (Fsp3) is 0.385. The molecule has 1 atom stereocenters. The summed E-state index contributed by atoms with van der Waals surface area (Å²) in [4.78, 5) is 22.3. The van der Waals surface area contributed by atoms with Crippen LogP contribution in [0.1, 0.15) is 35.2 Å². The number of furan rings is 1. The highest BCUT2D eigenvalue weighted by atomic mass is 16.4. The van der Waals surface area contributed by atoms with Crippen LogP contribution in [0, 0.1) is 19.3 Å². The van der Waals surface area contributed by atoms with Crippen molar-refractivity contribution in [3.8, 4) is 12.3 Å². The normalized spacial score (nSPS) is 11.4. The molecule has 3 N–H and O–H groups in total. The molecule has 1 unspecified atom stereocenters. The summed E-state index contributed by atoms with van der Waals surface area (Å²) in [7, 11) is 0. The van der Waals surface area contributed by atoms with Gasteiger partial charge in [-0.2, -0.15) is 0 Å². The highest BCUT2D eigenvalue weighted by molar-refractivity contribution is 5.88. The number of hydrogen-bond acceptors (Lipinski definition) is 3. The van der Waals surface area contributed by atoms with Gasteiger partial charge in [0.15, 0.2) is 0 Å². The van der Waals surface area contributed by atoms with E-state index in [0.29, 0.717) is 17.9 Å². The highest BCUT2D eigenvalue weighted by Gasteiger charge is 2.14. The Morgan fingerprint density at radius 3 is 2.74 bits per heavy atom. The van der Waals surface area contributed by atoms with Gasteiger partial charge in [-0.25, -0.2) is 9.59 Å². The van der Waals surface area contributed by atoms with Crippen LogP contribution in [0.5, 0.6) is 0 Å². The van der Waals surface area contributed by atoms with Crippen LogP contribution in [0.15, 0.2) is 10.5 Å². The van der Waals surface area contributed by atoms with Crippen LogP contribution in [0.3, 0.4) is 0 Å². The average molecular weight is 264 g/mol. The minimum atomic E-state index is -1.06. The van der Waals surface area contributed by atoms with E-state index < -0.39 is 12.0 Å². The molecule has 0 saturated carbocycles. The Morgan fingerprint density at radius 2 is 2.26 bits per heavy atom. The van der Waals surface area contributed by atoms with Gasteiger partial charge >= 0.3 is 12.0 Å². The number of terminal acetylenes is 1. The van der Waals surface area contributed by atoms with Gasteiger partial charge < -0.3 is 20.2 Å². The summed E-state index contributed by atoms with van der Waals surface area (Å²) >= 11 is 0. The van der Waals surface area contributed by atoms with Gasteiger partial charge in [-0.1, -0.05) is 12.8 Å². The fourth-order valence-electron chi connectivity index (χ4n) is 1.48. The maximum Gasteiger partial charge on any atom is 0.339 e. The minimum Gasteiger partial charge on any atom is -0.478 e. The number of carboxylic acids is 1. The zero-order valence-electron chi connectivity index (χ0n) is 10.8. The van der Waals surface area contributed by atoms with Gasteiger partial charge in [0.05, 0.1) is 12.6 Å². The average Bonchev–Trinajstić information content (AvgIpc) is 2.75. The third-order valence-electron chi connectivity index (χ3n) is 2.54. The molecule has 1 heterocycles. The van der Waals surface area contributed by atoms with Crippen LogP contribution in [-0.2, 0) is 6.54 Å². The van der Waals surface area contributed by atoms with Crippen molar-refractivity contribution < 1.29 is 19.1 Å². The number of urea groups is 1. The van der Waals surface area contributed by atoms with Crippen molar-refractivity contribution in [3.05, 3.63) is 23.2 Å². The lowest BCUT2D eigenvalue weighted by atomic mass is 10.2. The van der Waals surface area contributed by atoms with Crippen LogP contribution >= 0.6 is 0 Å². The number of rotatable bonds is 5. The summed E-state index contributed by atoms with van der Waals surface area (Å²) in [5, 5.41) is 14.0. The van der Waals surface area contributed by atoms with Crippen LogP contribution in [0.25, 0.3) is 0 Å². The quantitative estimate of drug-likeness (QED) is 0.703. The lowest BCUT2D eigenvalue weighted by molar-refractivity contribution is 0.0695. The van der Waals surface area contributed by atoms with E-state index in [9.17, 15) is 9.59 Å². The largest absolute Gasteiger partial charge is 0.478 e. The molecule has 1 rings (SSSR count). The van der Waals surface area contributed by atoms with Gasteiger partial charge in [0, 0.05) is 0 Å². The Kier molecular flexibility index (Phi) is 5.01. The first-order valence-corrected chi connectivity index (χ1v) is 5.81. The monoisotopic (exact) mass is 264 g/mol. The molecule has 0 radical (unpaired) electrons. The van der Waals surface area contributed by atoms with Gasteiger partial charge in [-0.3, -0.25) is 0 Å². The number of aryl methyl sites for hydroxylation is 1. The second kappa shape index (κ2) is 6.50. The van der Waals surface area contributed by atoms with Crippen LogP contribution in [0.2, 0.25) is 0 Å². The van der Waals surface area contributed by atoms with Gasteiger partial charge in [0.1, 0.15) is 17.1 Å². The minimum absolute atomic E-state index is 0.0901. The molecule has 0 aromatic carbocycles. The molecule has 0 fully saturated rings. The van der Waals surface area contributed by atoms with Crippen molar-refractivity contribution in [2.24, 2.45) is 0 Å². The zero-order valence-corrected chi connectivity index (χ0v) is 10.8. The van der Waals surface area contributed by atoms with Gasteiger partial charge in [-0.05, 0) is 19.4 Å². The Balaban J connectivity index is 2.53. The van der Waals surface area contributed by atoms with E-state index in [1.54, 1.807) is 6.92 Å². The number of carbonyl (C=O) groups excluding carboxylic acids is 1. The summed E-state index contributed by atoms with van der Waals surface area (Å²) in [6.45, 7) is 3.51. The number of amides is 2. The maximum absolute atomic E-state index is 11.5. The van der Waals surface area contributed by atoms with E-state index in [1.165, 1.54) is 6.07 Å². The van der Waals surface area contributed by atoms with Crippen molar-refractivity contribution in [2.45, 2.75) is 32.9 Å². The number of aromatic carboxylic acids is 1. The second-order valence-corrected chi connectivity index (χ2v) is 3.94. The fourth-order valence-corrected chi connectivity index (χ4v) is 1.48. The summed E-state index contributed by atoms with van der Waals surface area (Å²) in [5.74, 6) is 2.06. The number of carboxylic acid groups (broad SMARTS) is 1. The van der Waals surface area contributed by atoms with Crippen molar-refractivity contribution in [3.63, 3.8) is 0 Å². The van der Waals surface area contributed by atoms with E-state index in [-0.39, 0.29) is 18.2 Å². The smallest absolute Gasteiger partial charge is 0.339 e. The molecular formula is C13H16N2O4. The van der Waals surface area contributed by atoms with Gasteiger partial charge in [0.25, 0.3) is 0 Å². The predicted octanol–water partition coefficient (Wildman–Crippen LogP) is 1.50. The molecule has 19 heavy (non-hydrogen) atoms. The summed E-state index contributed by atoms with van der Waals surface area (Å²) < 4.78 is 5.22. The van der Waals surface area contributed by atoms with Crippen molar-refractivity contribution in [1.29, 1.82) is 0 Å². The van der Waals surface area contributed by atoms with Gasteiger partial charge in [0.2, 0.25) is 0 Å². The molecule has 0 spiro atoms. The van der Waals surface area contributed by atoms with Crippen LogP contribution in [-0.4, -0.2) is 23.1 Å². The molecule has 1 aromatic rings. The second-order valence-electron chi connectivity index (χ2n) is 3.94. The van der Waals surface area contributed by atoms with E-state index in [4.69, 9.17) is 15.9 Å². The van der Waals surface area contributed by atoms with Crippen molar-refractivity contribution >= 4 is 12.0 Å². The molecule has 2 amide bonds. The number of hydrogen-bond donors (Lipinski definition) is 3. The van der Waals surface area contributed by atoms with Crippen LogP contribution in [0.4, 0.5) is 4.79 Å². The predicted molar refractivity (Wildman–Crippen MR) is 68.7 cm³/mol. The third kappa shape index (κ3) is 4.07. The molecule has 0 bridgehead atoms. The molecule has 0 aliphatic rings. The Morgan fingerprint density at radius 1 is 1.58 bits per heavy atom. The van der Waals surface area contributed by atoms with E-state index in [0.717, 1.165) is 0 Å². The maximum atomic E-state index is 11.5. The van der Waals surface area contributed by atoms with Gasteiger partial charge in [-0.15, -0.1) is 6.42 Å². The van der Waals surface area contributed by atoms with E-state index >= 15 is 0 Å². The molecule has 0 aliphatic carbocycles. The molecule has 102 valence electrons. The molecular weight excluding hydrogens is 248 g/mol. The molecule has 0 saturated heterocycles. The number of carbonyl (C=O) groups is 2. The van der Waals surface area contributed by atoms with Crippen molar-refractivity contribution in [1.82, 2.24) is 10.6 Å². The van der Waals surface area contributed by atoms with E-state index in [2.05, 4.69) is 16.6 Å². The lowest BCUT2D eigenvalue weighted by Gasteiger charge is -2.10. The zero-order chi connectivity index (χ0) is 14.4. The van der Waals surface area contributed by atoms with Crippen LogP contribution < -0.4 is 10.6 Å². The summed E-state index contributed by atoms with van der Waals surface area (Å²) in [5.41, 5.74) is 0.0901. The van der Waals surface area contributed by atoms with Crippen molar-refractivity contribution in [2.75, 3.05) is 0 Å². The molecule has 6 heteroatoms. The Hall–Kier alpha value is -2.42. The standard InChI is InChI=1S/C13H16N2O4/c1-4-9(5-2)15-13(18)14-7-10-6-11(12(16)17)8(3)19-10/h1,6,9H,5,7H2,2-3H3,(H,16,17)(H2,14,15,18). The third-order valence-corrected chi connectivity index (χ3v) is 2.54. The topological polar surface area (TPSA) is 91.6 Å². The number of nitrogens with one attached hydrogen (secondary N) is 2. The highest BCUT2D eigenvalue weighted by Crippen LogP contribution is 2.14. The first-order chi connectivity index (χ1) is 8.97.